The summed E-state index contributed by atoms with van der Waals surface area (Å²) in [5.41, 5.74) is -0.903. The molecule has 0 spiro atoms. The molecule has 0 saturated carbocycles. The molecule has 0 fully saturated rings. The van der Waals surface area contributed by atoms with Gasteiger partial charge in [-0.25, -0.2) is 17.6 Å². The van der Waals surface area contributed by atoms with Crippen LogP contribution in [-0.4, -0.2) is 53.9 Å². The zero-order chi connectivity index (χ0) is 27.9. The lowest BCUT2D eigenvalue weighted by atomic mass is 10.1. The Morgan fingerprint density at radius 3 is 2.00 bits per heavy atom. The van der Waals surface area contributed by atoms with Crippen LogP contribution < -0.4 is 20.7 Å². The number of amides is 3. The van der Waals surface area contributed by atoms with E-state index < -0.39 is 102 Å². The molecule has 0 heterocycles. The molecule has 200 valence electrons. The Bertz CT molecular complexity index is 1170. The molecule has 0 aliphatic rings. The van der Waals surface area contributed by atoms with E-state index in [2.05, 4.69) is 10.1 Å². The highest BCUT2D eigenvalue weighted by Crippen LogP contribution is 2.26. The SMILES string of the molecule is C[C@H](NC(=O)C(=O)Nc1c(F)cccc1F)C(=O)N[C@@H](CCO)C(=O)COc1c(F)c(F)cc(F)c1F. The summed E-state index contributed by atoms with van der Waals surface area (Å²) < 4.78 is 85.7. The average molecular weight is 535 g/mol. The second-order valence-electron chi connectivity index (χ2n) is 7.37. The van der Waals surface area contributed by atoms with Crippen molar-refractivity contribution < 1.29 is 55.4 Å². The highest BCUT2D eigenvalue weighted by Gasteiger charge is 2.28. The Balaban J connectivity index is 1.99. The Labute approximate surface area is 204 Å². The Morgan fingerprint density at radius 2 is 1.46 bits per heavy atom. The predicted octanol–water partition coefficient (Wildman–Crippen LogP) is 1.48. The molecule has 0 radical (unpaired) electrons. The van der Waals surface area contributed by atoms with E-state index in [-0.39, 0.29) is 6.07 Å². The van der Waals surface area contributed by atoms with Crippen molar-refractivity contribution in [2.75, 3.05) is 18.5 Å². The lowest BCUT2D eigenvalue weighted by Gasteiger charge is -2.20. The minimum atomic E-state index is -1.90. The fourth-order valence-electron chi connectivity index (χ4n) is 2.78. The third kappa shape index (κ3) is 7.42. The quantitative estimate of drug-likeness (QED) is 0.207. The molecule has 0 aliphatic heterocycles. The first-order chi connectivity index (χ1) is 17.4. The van der Waals surface area contributed by atoms with Crippen LogP contribution in [0, 0.1) is 34.9 Å². The van der Waals surface area contributed by atoms with E-state index in [0.29, 0.717) is 0 Å². The first kappa shape index (κ1) is 29.1. The van der Waals surface area contributed by atoms with Gasteiger partial charge in [0.1, 0.15) is 30.0 Å². The predicted molar refractivity (Wildman–Crippen MR) is 113 cm³/mol. The number of carbonyl (C=O) groups excluding carboxylic acids is 4. The molecule has 9 nitrogen and oxygen atoms in total. The van der Waals surface area contributed by atoms with E-state index >= 15 is 0 Å². The van der Waals surface area contributed by atoms with Gasteiger partial charge in [-0.2, -0.15) is 8.78 Å². The zero-order valence-corrected chi connectivity index (χ0v) is 18.8. The van der Waals surface area contributed by atoms with Crippen molar-refractivity contribution in [3.05, 3.63) is 59.2 Å². The summed E-state index contributed by atoms with van der Waals surface area (Å²) in [7, 11) is 0. The molecule has 2 atom stereocenters. The Morgan fingerprint density at radius 1 is 0.892 bits per heavy atom. The maximum absolute atomic E-state index is 13.7. The van der Waals surface area contributed by atoms with Crippen LogP contribution in [0.15, 0.2) is 24.3 Å². The maximum Gasteiger partial charge on any atom is 0.313 e. The van der Waals surface area contributed by atoms with Gasteiger partial charge in [0.15, 0.2) is 23.2 Å². The standard InChI is InChI=1S/C22H19F6N3O6/c1-9(29-21(35)22(36)31-18-10(23)3-2-4-11(18)24)20(34)30-14(5-6-32)15(33)8-37-19-16(27)12(25)7-13(26)17(19)28/h2-4,7,9,14,32H,5-6,8H2,1H3,(H,29,35)(H,30,34)(H,31,36)/t9-,14-/m0/s1. The summed E-state index contributed by atoms with van der Waals surface area (Å²) in [5.74, 6) is -16.4. The van der Waals surface area contributed by atoms with Gasteiger partial charge in [-0.15, -0.1) is 0 Å². The van der Waals surface area contributed by atoms with E-state index in [0.717, 1.165) is 25.1 Å². The fraction of sp³-hybridized carbons (Fsp3) is 0.273. The third-order valence-electron chi connectivity index (χ3n) is 4.70. The van der Waals surface area contributed by atoms with Gasteiger partial charge in [0, 0.05) is 12.7 Å². The lowest BCUT2D eigenvalue weighted by molar-refractivity contribution is -0.138. The van der Waals surface area contributed by atoms with E-state index in [1.807, 2.05) is 5.32 Å². The summed E-state index contributed by atoms with van der Waals surface area (Å²) in [6, 6.07) is -0.471. The number of halogens is 6. The van der Waals surface area contributed by atoms with E-state index in [9.17, 15) is 45.5 Å². The van der Waals surface area contributed by atoms with Gasteiger partial charge in [-0.1, -0.05) is 6.07 Å². The van der Waals surface area contributed by atoms with Crippen molar-refractivity contribution in [3.63, 3.8) is 0 Å². The monoisotopic (exact) mass is 535 g/mol. The lowest BCUT2D eigenvalue weighted by Crippen LogP contribution is -2.53. The minimum absolute atomic E-state index is 0.0725. The van der Waals surface area contributed by atoms with Crippen LogP contribution in [0.2, 0.25) is 0 Å². The number of anilines is 1. The number of carbonyl (C=O) groups is 4. The highest BCUT2D eigenvalue weighted by atomic mass is 19.2. The fourth-order valence-corrected chi connectivity index (χ4v) is 2.78. The van der Waals surface area contributed by atoms with Crippen LogP contribution in [0.4, 0.5) is 32.0 Å². The van der Waals surface area contributed by atoms with Crippen LogP contribution in [0.1, 0.15) is 13.3 Å². The highest BCUT2D eigenvalue weighted by molar-refractivity contribution is 6.40. The van der Waals surface area contributed by atoms with Crippen LogP contribution in [0.3, 0.4) is 0 Å². The number of para-hydroxylation sites is 1. The number of benzene rings is 2. The third-order valence-corrected chi connectivity index (χ3v) is 4.70. The molecule has 4 N–H and O–H groups in total. The number of aliphatic hydroxyl groups excluding tert-OH is 1. The smallest absolute Gasteiger partial charge is 0.313 e. The summed E-state index contributed by atoms with van der Waals surface area (Å²) in [6.07, 6.45) is -0.440. The number of aliphatic hydroxyl groups is 1. The van der Waals surface area contributed by atoms with Crippen molar-refractivity contribution in [2.45, 2.75) is 25.4 Å². The van der Waals surface area contributed by atoms with Crippen LogP contribution in [0.5, 0.6) is 5.75 Å². The van der Waals surface area contributed by atoms with Crippen molar-refractivity contribution in [1.29, 1.82) is 0 Å². The summed E-state index contributed by atoms with van der Waals surface area (Å²) >= 11 is 0. The number of hydrogen-bond acceptors (Lipinski definition) is 6. The number of nitrogens with one attached hydrogen (secondary N) is 3. The van der Waals surface area contributed by atoms with Gasteiger partial charge in [-0.3, -0.25) is 19.2 Å². The van der Waals surface area contributed by atoms with Gasteiger partial charge in [0.2, 0.25) is 17.5 Å². The van der Waals surface area contributed by atoms with Crippen molar-refractivity contribution >= 4 is 29.2 Å². The molecule has 2 aromatic rings. The molecular formula is C22H19F6N3O6. The van der Waals surface area contributed by atoms with Crippen LogP contribution in [0.25, 0.3) is 0 Å². The summed E-state index contributed by atoms with van der Waals surface area (Å²) in [4.78, 5) is 48.6. The minimum Gasteiger partial charge on any atom is -0.479 e. The number of hydrogen-bond donors (Lipinski definition) is 4. The van der Waals surface area contributed by atoms with Gasteiger partial charge in [-0.05, 0) is 25.5 Å². The first-order valence-electron chi connectivity index (χ1n) is 10.3. The molecule has 0 aromatic heterocycles. The number of ether oxygens (including phenoxy) is 1. The summed E-state index contributed by atoms with van der Waals surface area (Å²) in [5, 5.41) is 14.8. The molecule has 37 heavy (non-hydrogen) atoms. The van der Waals surface area contributed by atoms with E-state index in [1.165, 1.54) is 0 Å². The molecule has 15 heteroatoms. The largest absolute Gasteiger partial charge is 0.479 e. The van der Waals surface area contributed by atoms with Crippen LogP contribution >= 0.6 is 0 Å². The average Bonchev–Trinajstić information content (AvgIpc) is 2.84. The molecule has 3 amide bonds. The molecule has 0 bridgehead atoms. The topological polar surface area (TPSA) is 134 Å². The van der Waals surface area contributed by atoms with Gasteiger partial charge in [0.25, 0.3) is 0 Å². The molecular weight excluding hydrogens is 516 g/mol. The van der Waals surface area contributed by atoms with Crippen molar-refractivity contribution in [3.8, 4) is 5.75 Å². The Hall–Kier alpha value is -4.14. The molecule has 0 unspecified atom stereocenters. The molecule has 2 aromatic carbocycles. The second kappa shape index (κ2) is 12.7. The van der Waals surface area contributed by atoms with Gasteiger partial charge in [0.05, 0.1) is 6.04 Å². The molecule has 0 saturated heterocycles. The molecule has 0 aliphatic carbocycles. The Kier molecular flexibility index (Phi) is 9.99. The zero-order valence-electron chi connectivity index (χ0n) is 18.8. The van der Waals surface area contributed by atoms with E-state index in [1.54, 1.807) is 5.32 Å². The number of rotatable bonds is 10. The number of Topliss-reactive ketones (excluding diaryl/α,β-unsaturated/α-hetero) is 1. The first-order valence-corrected chi connectivity index (χ1v) is 10.3. The molecule has 2 rings (SSSR count). The normalized spacial score (nSPS) is 12.3. The second-order valence-corrected chi connectivity index (χ2v) is 7.37. The van der Waals surface area contributed by atoms with Gasteiger partial charge >= 0.3 is 11.8 Å². The van der Waals surface area contributed by atoms with E-state index in [4.69, 9.17) is 5.11 Å². The summed E-state index contributed by atoms with van der Waals surface area (Å²) in [6.45, 7) is -0.786. The van der Waals surface area contributed by atoms with Gasteiger partial charge < -0.3 is 25.8 Å². The van der Waals surface area contributed by atoms with Crippen molar-refractivity contribution in [2.24, 2.45) is 0 Å². The maximum atomic E-state index is 13.7. The number of ketones is 1. The van der Waals surface area contributed by atoms with Crippen molar-refractivity contribution in [1.82, 2.24) is 10.6 Å². The van der Waals surface area contributed by atoms with Crippen LogP contribution in [-0.2, 0) is 19.2 Å².